The third kappa shape index (κ3) is 3.81. The van der Waals surface area contributed by atoms with E-state index in [1.165, 1.54) is 22.6 Å². The normalized spacial score (nSPS) is 13.8. The van der Waals surface area contributed by atoms with Gasteiger partial charge in [0, 0.05) is 45.6 Å². The number of carbonyl (C=O) groups is 2. The molecule has 0 aliphatic carbocycles. The molecule has 2 amide bonds. The summed E-state index contributed by atoms with van der Waals surface area (Å²) in [5.41, 5.74) is 0.617. The number of carbonyl (C=O) groups excluding carboxylic acids is 2. The number of rotatable bonds is 5. The first-order valence-electron chi connectivity index (χ1n) is 8.99. The van der Waals surface area contributed by atoms with Gasteiger partial charge in [-0.15, -0.1) is 0 Å². The van der Waals surface area contributed by atoms with Gasteiger partial charge in [0.1, 0.15) is 17.0 Å². The average Bonchev–Trinajstić information content (AvgIpc) is 3.30. The summed E-state index contributed by atoms with van der Waals surface area (Å²) in [6.07, 6.45) is 4.98. The molecule has 29 heavy (non-hydrogen) atoms. The molecule has 1 aliphatic heterocycles. The molecule has 1 fully saturated rings. The summed E-state index contributed by atoms with van der Waals surface area (Å²) < 4.78 is 1.66. The van der Waals surface area contributed by atoms with Gasteiger partial charge in [0.25, 0.3) is 5.91 Å². The van der Waals surface area contributed by atoms with Crippen LogP contribution in [0, 0.1) is 12.8 Å². The minimum Gasteiger partial charge on any atom is -0.355 e. The van der Waals surface area contributed by atoms with E-state index >= 15 is 0 Å². The molecule has 1 N–H and O–H groups in total. The number of hydrogen-bond acceptors (Lipinski definition) is 8. The molecule has 4 heterocycles. The second kappa shape index (κ2) is 7.59. The Morgan fingerprint density at radius 2 is 2.00 bits per heavy atom. The molecule has 3 aromatic rings. The SMILES string of the molecule is Cc1nc(NC(=O)C2CN(c3cc(-n4cccn4)ncn3)C2)sc1C(=O)N(C)C. The number of anilines is 2. The Morgan fingerprint density at radius 3 is 2.69 bits per heavy atom. The van der Waals surface area contributed by atoms with Crippen LogP contribution in [0.1, 0.15) is 15.4 Å². The van der Waals surface area contributed by atoms with Gasteiger partial charge in [0.2, 0.25) is 5.91 Å². The van der Waals surface area contributed by atoms with E-state index in [-0.39, 0.29) is 17.7 Å². The molecule has 3 aromatic heterocycles. The predicted octanol–water partition coefficient (Wildman–Crippen LogP) is 1.20. The maximum Gasteiger partial charge on any atom is 0.265 e. The van der Waals surface area contributed by atoms with Gasteiger partial charge in [-0.05, 0) is 13.0 Å². The first-order chi connectivity index (χ1) is 13.9. The van der Waals surface area contributed by atoms with E-state index in [1.807, 2.05) is 23.2 Å². The Morgan fingerprint density at radius 1 is 1.24 bits per heavy atom. The Bertz CT molecular complexity index is 1040. The van der Waals surface area contributed by atoms with E-state index in [2.05, 4.69) is 25.4 Å². The molecule has 11 heteroatoms. The second-order valence-corrected chi connectivity index (χ2v) is 7.91. The van der Waals surface area contributed by atoms with Crippen molar-refractivity contribution in [2.45, 2.75) is 6.92 Å². The molecule has 0 spiro atoms. The lowest BCUT2D eigenvalue weighted by atomic mass is 9.99. The van der Waals surface area contributed by atoms with E-state index in [9.17, 15) is 9.59 Å². The molecular weight excluding hydrogens is 392 g/mol. The maximum absolute atomic E-state index is 12.5. The van der Waals surface area contributed by atoms with Crippen molar-refractivity contribution in [1.82, 2.24) is 29.6 Å². The van der Waals surface area contributed by atoms with Gasteiger partial charge in [0.05, 0.1) is 11.6 Å². The van der Waals surface area contributed by atoms with Crippen LogP contribution >= 0.6 is 11.3 Å². The lowest BCUT2D eigenvalue weighted by Crippen LogP contribution is -2.52. The standard InChI is InChI=1S/C18H20N8O2S/c1-11-15(17(28)24(2)3)29-18(22-11)23-16(27)12-8-25(9-12)13-7-14(20-10-19-13)26-6-4-5-21-26/h4-7,10,12H,8-9H2,1-3H3,(H,22,23,27). The van der Waals surface area contributed by atoms with Crippen molar-refractivity contribution >= 4 is 34.1 Å². The third-order valence-electron chi connectivity index (χ3n) is 4.58. The molecule has 0 unspecified atom stereocenters. The first kappa shape index (κ1) is 19.0. The molecule has 10 nitrogen and oxygen atoms in total. The van der Waals surface area contributed by atoms with Gasteiger partial charge < -0.3 is 15.1 Å². The zero-order valence-electron chi connectivity index (χ0n) is 16.2. The lowest BCUT2D eigenvalue weighted by Gasteiger charge is -2.38. The van der Waals surface area contributed by atoms with Crippen molar-refractivity contribution in [1.29, 1.82) is 0 Å². The highest BCUT2D eigenvalue weighted by Gasteiger charge is 2.34. The zero-order chi connectivity index (χ0) is 20.5. The molecule has 0 aromatic carbocycles. The van der Waals surface area contributed by atoms with E-state index in [0.717, 1.165) is 5.82 Å². The molecule has 1 aliphatic rings. The van der Waals surface area contributed by atoms with Crippen molar-refractivity contribution in [3.8, 4) is 5.82 Å². The van der Waals surface area contributed by atoms with Crippen LogP contribution in [0.3, 0.4) is 0 Å². The van der Waals surface area contributed by atoms with Crippen molar-refractivity contribution < 1.29 is 9.59 Å². The Labute approximate surface area is 171 Å². The summed E-state index contributed by atoms with van der Waals surface area (Å²) >= 11 is 1.20. The first-order valence-corrected chi connectivity index (χ1v) is 9.81. The van der Waals surface area contributed by atoms with Crippen molar-refractivity contribution in [3.05, 3.63) is 41.4 Å². The van der Waals surface area contributed by atoms with E-state index < -0.39 is 0 Å². The van der Waals surface area contributed by atoms with Crippen LogP contribution in [-0.2, 0) is 4.79 Å². The minimum atomic E-state index is -0.171. The average molecular weight is 412 g/mol. The summed E-state index contributed by atoms with van der Waals surface area (Å²) in [7, 11) is 3.38. The fraction of sp³-hybridized carbons (Fsp3) is 0.333. The predicted molar refractivity (Wildman–Crippen MR) is 108 cm³/mol. The number of aromatic nitrogens is 5. The van der Waals surface area contributed by atoms with Gasteiger partial charge in [-0.2, -0.15) is 5.10 Å². The van der Waals surface area contributed by atoms with Crippen LogP contribution in [-0.4, -0.2) is 68.6 Å². The Balaban J connectivity index is 1.37. The van der Waals surface area contributed by atoms with Crippen LogP contribution in [0.2, 0.25) is 0 Å². The lowest BCUT2D eigenvalue weighted by molar-refractivity contribution is -0.120. The second-order valence-electron chi connectivity index (χ2n) is 6.91. The summed E-state index contributed by atoms with van der Waals surface area (Å²) in [5, 5.41) is 7.44. The molecule has 1 saturated heterocycles. The minimum absolute atomic E-state index is 0.111. The zero-order valence-corrected chi connectivity index (χ0v) is 17.1. The summed E-state index contributed by atoms with van der Waals surface area (Å²) in [6.45, 7) is 2.87. The largest absolute Gasteiger partial charge is 0.355 e. The number of nitrogens with one attached hydrogen (secondary N) is 1. The highest BCUT2D eigenvalue weighted by Crippen LogP contribution is 2.27. The molecule has 0 saturated carbocycles. The van der Waals surface area contributed by atoms with Crippen LogP contribution in [0.4, 0.5) is 10.9 Å². The molecular formula is C18H20N8O2S. The van der Waals surface area contributed by atoms with Crippen molar-refractivity contribution in [3.63, 3.8) is 0 Å². The van der Waals surface area contributed by atoms with E-state index in [1.54, 1.807) is 31.9 Å². The van der Waals surface area contributed by atoms with Crippen molar-refractivity contribution in [2.75, 3.05) is 37.4 Å². The fourth-order valence-corrected chi connectivity index (χ4v) is 3.92. The third-order valence-corrected chi connectivity index (χ3v) is 5.64. The maximum atomic E-state index is 12.5. The summed E-state index contributed by atoms with van der Waals surface area (Å²) in [6, 6.07) is 3.66. The summed E-state index contributed by atoms with van der Waals surface area (Å²) in [5.74, 6) is 1.02. The van der Waals surface area contributed by atoms with Crippen molar-refractivity contribution in [2.24, 2.45) is 5.92 Å². The van der Waals surface area contributed by atoms with E-state index in [4.69, 9.17) is 0 Å². The smallest absolute Gasteiger partial charge is 0.265 e. The Hall–Kier alpha value is -3.34. The molecule has 0 radical (unpaired) electrons. The fourth-order valence-electron chi connectivity index (χ4n) is 2.93. The van der Waals surface area contributed by atoms with Gasteiger partial charge in [-0.25, -0.2) is 19.6 Å². The monoisotopic (exact) mass is 412 g/mol. The molecule has 0 bridgehead atoms. The molecule has 4 rings (SSSR count). The topological polar surface area (TPSA) is 109 Å². The number of thiazole rings is 1. The van der Waals surface area contributed by atoms with E-state index in [0.29, 0.717) is 34.6 Å². The molecule has 0 atom stereocenters. The van der Waals surface area contributed by atoms with Gasteiger partial charge in [0.15, 0.2) is 10.9 Å². The highest BCUT2D eigenvalue weighted by molar-refractivity contribution is 7.17. The Kier molecular flexibility index (Phi) is 4.97. The number of amides is 2. The van der Waals surface area contributed by atoms with Gasteiger partial charge in [-0.1, -0.05) is 11.3 Å². The van der Waals surface area contributed by atoms with Crippen LogP contribution in [0.5, 0.6) is 0 Å². The number of nitrogens with zero attached hydrogens (tertiary/aromatic N) is 7. The van der Waals surface area contributed by atoms with Crippen LogP contribution in [0.15, 0.2) is 30.9 Å². The highest BCUT2D eigenvalue weighted by atomic mass is 32.1. The number of aryl methyl sites for hydroxylation is 1. The van der Waals surface area contributed by atoms with Gasteiger partial charge in [-0.3, -0.25) is 9.59 Å². The number of hydrogen-bond donors (Lipinski definition) is 1. The van der Waals surface area contributed by atoms with Crippen LogP contribution in [0.25, 0.3) is 5.82 Å². The summed E-state index contributed by atoms with van der Waals surface area (Å²) in [4.78, 5) is 41.5. The molecule has 150 valence electrons. The quantitative estimate of drug-likeness (QED) is 0.671. The van der Waals surface area contributed by atoms with Crippen LogP contribution < -0.4 is 10.2 Å². The van der Waals surface area contributed by atoms with Gasteiger partial charge >= 0.3 is 0 Å².